The minimum absolute atomic E-state index is 0.258. The quantitative estimate of drug-likeness (QED) is 0.600. The van der Waals surface area contributed by atoms with Gasteiger partial charge in [0.15, 0.2) is 0 Å². The molecule has 0 spiro atoms. The summed E-state index contributed by atoms with van der Waals surface area (Å²) in [6, 6.07) is 0. The highest BCUT2D eigenvalue weighted by Gasteiger charge is 2.12. The smallest absolute Gasteiger partial charge is 0.343 e. The van der Waals surface area contributed by atoms with Crippen LogP contribution in [0.5, 0.6) is 0 Å². The van der Waals surface area contributed by atoms with Gasteiger partial charge in [-0.05, 0) is 25.0 Å². The van der Waals surface area contributed by atoms with Gasteiger partial charge in [0.05, 0.1) is 5.57 Å². The molecule has 0 aromatic carbocycles. The van der Waals surface area contributed by atoms with Crippen LogP contribution in [0.2, 0.25) is 0 Å². The summed E-state index contributed by atoms with van der Waals surface area (Å²) in [7, 11) is 0. The predicted octanol–water partition coefficient (Wildman–Crippen LogP) is 2.26. The highest BCUT2D eigenvalue weighted by atomic mass is 16.5. The monoisotopic (exact) mass is 174 g/mol. The standard InChI is InChI=1S/C11H10O2/c12-11(9-5-1-2-6-9)13-10-7-3-4-8-10/h1,3,5-8H,2,4H2. The van der Waals surface area contributed by atoms with E-state index in [4.69, 9.17) is 4.74 Å². The Bertz CT molecular complexity index is 343. The maximum Gasteiger partial charge on any atom is 0.343 e. The number of allylic oxidation sites excluding steroid dienone is 5. The van der Waals surface area contributed by atoms with Gasteiger partial charge in [0.2, 0.25) is 0 Å². The largest absolute Gasteiger partial charge is 0.423 e. The van der Waals surface area contributed by atoms with E-state index in [0.29, 0.717) is 11.3 Å². The zero-order chi connectivity index (χ0) is 9.10. The number of hydrogen-bond acceptors (Lipinski definition) is 2. The van der Waals surface area contributed by atoms with Crippen molar-refractivity contribution in [2.45, 2.75) is 12.8 Å². The van der Waals surface area contributed by atoms with Crippen molar-refractivity contribution in [3.05, 3.63) is 47.8 Å². The van der Waals surface area contributed by atoms with Crippen molar-refractivity contribution in [3.8, 4) is 0 Å². The van der Waals surface area contributed by atoms with Crippen LogP contribution in [0.25, 0.3) is 0 Å². The lowest BCUT2D eigenvalue weighted by molar-refractivity contribution is -0.134. The van der Waals surface area contributed by atoms with Crippen molar-refractivity contribution >= 4 is 5.97 Å². The minimum atomic E-state index is -0.258. The molecule has 0 saturated carbocycles. The van der Waals surface area contributed by atoms with Crippen LogP contribution in [0.1, 0.15) is 12.8 Å². The first kappa shape index (κ1) is 8.05. The van der Waals surface area contributed by atoms with Crippen LogP contribution >= 0.6 is 0 Å². The third kappa shape index (κ3) is 1.78. The molecular weight excluding hydrogens is 164 g/mol. The van der Waals surface area contributed by atoms with Gasteiger partial charge in [-0.3, -0.25) is 0 Å². The molecule has 2 aliphatic rings. The van der Waals surface area contributed by atoms with Gasteiger partial charge in [-0.1, -0.05) is 24.3 Å². The zero-order valence-electron chi connectivity index (χ0n) is 7.19. The SMILES string of the molecule is O=C(OC1=CCC=C1)C1=CCC=C1. The molecule has 2 nitrogen and oxygen atoms in total. The molecule has 0 N–H and O–H groups in total. The van der Waals surface area contributed by atoms with Gasteiger partial charge in [-0.25, -0.2) is 4.79 Å². The van der Waals surface area contributed by atoms with Crippen molar-refractivity contribution in [3.63, 3.8) is 0 Å². The van der Waals surface area contributed by atoms with E-state index in [-0.39, 0.29) is 5.97 Å². The average Bonchev–Trinajstić information content (AvgIpc) is 2.74. The van der Waals surface area contributed by atoms with Crippen molar-refractivity contribution in [1.29, 1.82) is 0 Å². The average molecular weight is 174 g/mol. The Hall–Kier alpha value is -1.57. The van der Waals surface area contributed by atoms with E-state index >= 15 is 0 Å². The number of carbonyl (C=O) groups excluding carboxylic acids is 1. The molecule has 2 rings (SSSR count). The third-order valence-corrected chi connectivity index (χ3v) is 1.95. The van der Waals surface area contributed by atoms with Crippen LogP contribution < -0.4 is 0 Å². The van der Waals surface area contributed by atoms with E-state index in [2.05, 4.69) is 0 Å². The van der Waals surface area contributed by atoms with Gasteiger partial charge < -0.3 is 4.74 Å². The lowest BCUT2D eigenvalue weighted by atomic mass is 10.3. The van der Waals surface area contributed by atoms with Gasteiger partial charge in [-0.15, -0.1) is 0 Å². The maximum absolute atomic E-state index is 11.4. The molecule has 2 heteroatoms. The van der Waals surface area contributed by atoms with Crippen LogP contribution in [0.4, 0.5) is 0 Å². The Morgan fingerprint density at radius 1 is 1.15 bits per heavy atom. The maximum atomic E-state index is 11.4. The fourth-order valence-electron chi connectivity index (χ4n) is 1.29. The summed E-state index contributed by atoms with van der Waals surface area (Å²) in [5, 5.41) is 0. The lowest BCUT2D eigenvalue weighted by Crippen LogP contribution is -2.03. The molecule has 66 valence electrons. The fraction of sp³-hybridized carbons (Fsp3) is 0.182. The Balaban J connectivity index is 1.98. The molecule has 0 saturated heterocycles. The first-order valence-electron chi connectivity index (χ1n) is 4.32. The number of ether oxygens (including phenoxy) is 1. The highest BCUT2D eigenvalue weighted by molar-refractivity contribution is 5.93. The molecule has 0 atom stereocenters. The molecule has 0 heterocycles. The van der Waals surface area contributed by atoms with E-state index in [0.717, 1.165) is 12.8 Å². The first-order valence-corrected chi connectivity index (χ1v) is 4.32. The molecule has 0 fully saturated rings. The third-order valence-electron chi connectivity index (χ3n) is 1.95. The van der Waals surface area contributed by atoms with E-state index in [9.17, 15) is 4.79 Å². The summed E-state index contributed by atoms with van der Waals surface area (Å²) in [6.45, 7) is 0. The van der Waals surface area contributed by atoms with Gasteiger partial charge in [-0.2, -0.15) is 0 Å². The number of rotatable bonds is 2. The van der Waals surface area contributed by atoms with Crippen LogP contribution in [0.15, 0.2) is 47.8 Å². The predicted molar refractivity (Wildman–Crippen MR) is 49.8 cm³/mol. The molecule has 0 bridgehead atoms. The molecular formula is C11H10O2. The molecule has 0 unspecified atom stereocenters. The second-order valence-electron chi connectivity index (χ2n) is 2.93. The normalized spacial score (nSPS) is 18.8. The lowest BCUT2D eigenvalue weighted by Gasteiger charge is -2.01. The summed E-state index contributed by atoms with van der Waals surface area (Å²) >= 11 is 0. The Morgan fingerprint density at radius 3 is 2.54 bits per heavy atom. The van der Waals surface area contributed by atoms with Crippen molar-refractivity contribution in [1.82, 2.24) is 0 Å². The fourth-order valence-corrected chi connectivity index (χ4v) is 1.29. The van der Waals surface area contributed by atoms with Crippen molar-refractivity contribution in [2.24, 2.45) is 0 Å². The Morgan fingerprint density at radius 2 is 1.92 bits per heavy atom. The zero-order valence-corrected chi connectivity index (χ0v) is 7.19. The van der Waals surface area contributed by atoms with E-state index in [1.54, 1.807) is 6.08 Å². The molecule has 0 radical (unpaired) electrons. The molecule has 2 aliphatic carbocycles. The molecule has 0 aromatic heterocycles. The molecule has 0 aliphatic heterocycles. The summed E-state index contributed by atoms with van der Waals surface area (Å²) in [5.41, 5.74) is 0.654. The van der Waals surface area contributed by atoms with Crippen LogP contribution in [-0.2, 0) is 9.53 Å². The summed E-state index contributed by atoms with van der Waals surface area (Å²) < 4.78 is 5.11. The molecule has 0 aromatic rings. The van der Waals surface area contributed by atoms with Gasteiger partial charge in [0.25, 0.3) is 0 Å². The van der Waals surface area contributed by atoms with Gasteiger partial charge in [0, 0.05) is 0 Å². The van der Waals surface area contributed by atoms with Crippen LogP contribution in [0, 0.1) is 0 Å². The first-order chi connectivity index (χ1) is 6.36. The van der Waals surface area contributed by atoms with Crippen LogP contribution in [-0.4, -0.2) is 5.97 Å². The summed E-state index contributed by atoms with van der Waals surface area (Å²) in [4.78, 5) is 11.4. The number of esters is 1. The summed E-state index contributed by atoms with van der Waals surface area (Å²) in [6.07, 6.45) is 12.9. The number of hydrogen-bond donors (Lipinski definition) is 0. The molecule has 13 heavy (non-hydrogen) atoms. The summed E-state index contributed by atoms with van der Waals surface area (Å²) in [5.74, 6) is 0.401. The second-order valence-corrected chi connectivity index (χ2v) is 2.93. The number of carbonyl (C=O) groups is 1. The van der Waals surface area contributed by atoms with E-state index in [1.807, 2.05) is 30.4 Å². The Kier molecular flexibility index (Phi) is 2.13. The van der Waals surface area contributed by atoms with E-state index < -0.39 is 0 Å². The topological polar surface area (TPSA) is 26.3 Å². The van der Waals surface area contributed by atoms with E-state index in [1.165, 1.54) is 0 Å². The minimum Gasteiger partial charge on any atom is -0.423 e. The highest BCUT2D eigenvalue weighted by Crippen LogP contribution is 2.15. The Labute approximate surface area is 76.9 Å². The van der Waals surface area contributed by atoms with Crippen molar-refractivity contribution in [2.75, 3.05) is 0 Å². The van der Waals surface area contributed by atoms with Gasteiger partial charge in [0.1, 0.15) is 5.76 Å². The van der Waals surface area contributed by atoms with Gasteiger partial charge >= 0.3 is 5.97 Å². The second kappa shape index (κ2) is 3.44. The van der Waals surface area contributed by atoms with Crippen LogP contribution in [0.3, 0.4) is 0 Å². The molecule has 0 amide bonds. The van der Waals surface area contributed by atoms with Crippen molar-refractivity contribution < 1.29 is 9.53 Å².